The van der Waals surface area contributed by atoms with Crippen LogP contribution >= 0.6 is 0 Å². The predicted molar refractivity (Wildman–Crippen MR) is 88.7 cm³/mol. The molecule has 1 amide bonds. The summed E-state index contributed by atoms with van der Waals surface area (Å²) >= 11 is 0. The van der Waals surface area contributed by atoms with Gasteiger partial charge in [0.05, 0.1) is 23.0 Å². The fraction of sp³-hybridized carbons (Fsp3) is 0.333. The Bertz CT molecular complexity index is 771. The van der Waals surface area contributed by atoms with E-state index in [2.05, 4.69) is 28.1 Å². The first-order valence-corrected chi connectivity index (χ1v) is 7.98. The molecule has 1 N–H and O–H groups in total. The van der Waals surface area contributed by atoms with Crippen molar-refractivity contribution < 1.29 is 4.79 Å². The van der Waals surface area contributed by atoms with Crippen LogP contribution in [-0.4, -0.2) is 32.8 Å². The van der Waals surface area contributed by atoms with E-state index in [1.165, 1.54) is 0 Å². The number of H-pyrrole nitrogens is 1. The van der Waals surface area contributed by atoms with Crippen LogP contribution in [0.4, 0.5) is 0 Å². The van der Waals surface area contributed by atoms with E-state index in [0.29, 0.717) is 25.1 Å². The molecule has 1 aliphatic carbocycles. The number of aromatic nitrogens is 3. The summed E-state index contributed by atoms with van der Waals surface area (Å²) in [6.07, 6.45) is 3.94. The zero-order valence-corrected chi connectivity index (χ0v) is 13.4. The summed E-state index contributed by atoms with van der Waals surface area (Å²) in [6, 6.07) is 9.42. The molecule has 1 unspecified atom stereocenters. The van der Waals surface area contributed by atoms with Crippen molar-refractivity contribution in [2.75, 3.05) is 6.54 Å². The average molecular weight is 321 g/mol. The van der Waals surface area contributed by atoms with Crippen molar-refractivity contribution in [3.05, 3.63) is 59.4 Å². The van der Waals surface area contributed by atoms with Crippen molar-refractivity contribution in [3.63, 3.8) is 0 Å². The zero-order chi connectivity index (χ0) is 16.9. The van der Waals surface area contributed by atoms with Gasteiger partial charge in [-0.3, -0.25) is 4.79 Å². The van der Waals surface area contributed by atoms with Crippen molar-refractivity contribution in [3.8, 4) is 6.07 Å². The molecule has 3 rings (SSSR count). The van der Waals surface area contributed by atoms with Crippen LogP contribution in [0.15, 0.2) is 36.9 Å². The number of aryl methyl sites for hydroxylation is 1. The van der Waals surface area contributed by atoms with Crippen LogP contribution in [0.5, 0.6) is 0 Å². The topological polar surface area (TPSA) is 85.7 Å². The molecule has 1 aromatic carbocycles. The molecule has 0 spiro atoms. The van der Waals surface area contributed by atoms with E-state index in [-0.39, 0.29) is 11.8 Å². The highest BCUT2D eigenvalue weighted by Crippen LogP contribution is 2.24. The van der Waals surface area contributed by atoms with Gasteiger partial charge in [0.25, 0.3) is 0 Å². The third-order valence-electron chi connectivity index (χ3n) is 4.34. The molecule has 24 heavy (non-hydrogen) atoms. The van der Waals surface area contributed by atoms with Gasteiger partial charge in [-0.05, 0) is 30.5 Å². The van der Waals surface area contributed by atoms with Crippen LogP contribution < -0.4 is 0 Å². The number of nitrogens with zero attached hydrogens (tertiary/aromatic N) is 4. The first kappa shape index (κ1) is 15.9. The smallest absolute Gasteiger partial charge is 0.226 e. The first-order valence-electron chi connectivity index (χ1n) is 7.98. The average Bonchev–Trinajstić information content (AvgIpc) is 3.09. The van der Waals surface area contributed by atoms with Crippen molar-refractivity contribution in [2.45, 2.75) is 25.8 Å². The van der Waals surface area contributed by atoms with Gasteiger partial charge in [-0.15, -0.1) is 6.58 Å². The largest absolute Gasteiger partial charge is 0.334 e. The highest BCUT2D eigenvalue weighted by atomic mass is 16.2. The first-order chi connectivity index (χ1) is 11.7. The lowest BCUT2D eigenvalue weighted by Crippen LogP contribution is -2.38. The standard InChI is InChI=1S/C18H19N5O/c1-2-9-23(12-14-5-3-13(11-19)4-6-14)18(24)15-7-8-16-17(10-15)21-22-20-16/h2-6,15H,1,7-10,12H2,(H,20,21,22). The number of rotatable bonds is 5. The molecule has 122 valence electrons. The van der Waals surface area contributed by atoms with Crippen molar-refractivity contribution >= 4 is 5.91 Å². The Hall–Kier alpha value is -2.94. The minimum Gasteiger partial charge on any atom is -0.334 e. The molecular weight excluding hydrogens is 302 g/mol. The minimum absolute atomic E-state index is 0.0686. The number of hydrogen-bond donors (Lipinski definition) is 1. The minimum atomic E-state index is -0.0686. The van der Waals surface area contributed by atoms with E-state index >= 15 is 0 Å². The summed E-state index contributed by atoms with van der Waals surface area (Å²) in [5.41, 5.74) is 3.49. The molecule has 0 bridgehead atoms. The van der Waals surface area contributed by atoms with Crippen LogP contribution in [0, 0.1) is 17.2 Å². The van der Waals surface area contributed by atoms with Gasteiger partial charge in [-0.1, -0.05) is 18.2 Å². The maximum atomic E-state index is 12.9. The number of amides is 1. The lowest BCUT2D eigenvalue weighted by Gasteiger charge is -2.28. The molecule has 0 fully saturated rings. The Balaban J connectivity index is 1.71. The molecule has 0 aliphatic heterocycles. The van der Waals surface area contributed by atoms with Gasteiger partial charge in [0, 0.05) is 25.4 Å². The van der Waals surface area contributed by atoms with Crippen LogP contribution in [0.1, 0.15) is 28.9 Å². The number of benzene rings is 1. The van der Waals surface area contributed by atoms with Crippen LogP contribution in [0.3, 0.4) is 0 Å². The SMILES string of the molecule is C=CCN(Cc1ccc(C#N)cc1)C(=O)C1CCc2n[nH]nc2C1. The number of nitrogens with one attached hydrogen (secondary N) is 1. The number of carbonyl (C=O) groups excluding carboxylic acids is 1. The molecule has 1 aliphatic rings. The summed E-state index contributed by atoms with van der Waals surface area (Å²) in [5.74, 6) is 0.0499. The second-order valence-corrected chi connectivity index (χ2v) is 5.97. The number of hydrogen-bond acceptors (Lipinski definition) is 4. The number of fused-ring (bicyclic) bond motifs is 1. The summed E-state index contributed by atoms with van der Waals surface area (Å²) in [7, 11) is 0. The summed E-state index contributed by atoms with van der Waals surface area (Å²) in [6.45, 7) is 4.77. The molecule has 0 saturated carbocycles. The van der Waals surface area contributed by atoms with Crippen LogP contribution in [0.2, 0.25) is 0 Å². The Kier molecular flexibility index (Phi) is 4.71. The lowest BCUT2D eigenvalue weighted by molar-refractivity contribution is -0.136. The second-order valence-electron chi connectivity index (χ2n) is 5.97. The van der Waals surface area contributed by atoms with Gasteiger partial charge in [-0.2, -0.15) is 20.7 Å². The molecule has 1 heterocycles. The molecule has 2 aromatic rings. The van der Waals surface area contributed by atoms with E-state index in [0.717, 1.165) is 29.8 Å². The summed E-state index contributed by atoms with van der Waals surface area (Å²) in [5, 5.41) is 19.8. The highest BCUT2D eigenvalue weighted by Gasteiger charge is 2.30. The third kappa shape index (κ3) is 3.35. The molecule has 1 atom stereocenters. The number of nitriles is 1. The Morgan fingerprint density at radius 2 is 2.12 bits per heavy atom. The quantitative estimate of drug-likeness (QED) is 0.853. The van der Waals surface area contributed by atoms with Crippen LogP contribution in [0.25, 0.3) is 0 Å². The zero-order valence-electron chi connectivity index (χ0n) is 13.4. The monoisotopic (exact) mass is 321 g/mol. The molecule has 6 heteroatoms. The molecular formula is C18H19N5O. The molecule has 1 aromatic heterocycles. The Morgan fingerprint density at radius 1 is 1.38 bits per heavy atom. The molecule has 0 saturated heterocycles. The molecule has 6 nitrogen and oxygen atoms in total. The van der Waals surface area contributed by atoms with Crippen molar-refractivity contribution in [2.24, 2.45) is 5.92 Å². The number of carbonyl (C=O) groups is 1. The van der Waals surface area contributed by atoms with E-state index in [1.807, 2.05) is 17.0 Å². The van der Waals surface area contributed by atoms with E-state index in [4.69, 9.17) is 5.26 Å². The normalized spacial score (nSPS) is 16.0. The Labute approximate surface area is 140 Å². The second kappa shape index (κ2) is 7.09. The van der Waals surface area contributed by atoms with Gasteiger partial charge in [0.1, 0.15) is 0 Å². The summed E-state index contributed by atoms with van der Waals surface area (Å²) in [4.78, 5) is 14.7. The maximum absolute atomic E-state index is 12.9. The van der Waals surface area contributed by atoms with Gasteiger partial charge >= 0.3 is 0 Å². The Morgan fingerprint density at radius 3 is 2.83 bits per heavy atom. The highest BCUT2D eigenvalue weighted by molar-refractivity contribution is 5.79. The fourth-order valence-corrected chi connectivity index (χ4v) is 3.05. The predicted octanol–water partition coefficient (Wildman–Crippen LogP) is 2.00. The van der Waals surface area contributed by atoms with Gasteiger partial charge in [0.2, 0.25) is 5.91 Å². The molecule has 0 radical (unpaired) electrons. The van der Waals surface area contributed by atoms with E-state index in [9.17, 15) is 4.79 Å². The lowest BCUT2D eigenvalue weighted by atomic mass is 9.88. The van der Waals surface area contributed by atoms with Crippen molar-refractivity contribution in [1.29, 1.82) is 5.26 Å². The maximum Gasteiger partial charge on any atom is 0.226 e. The van der Waals surface area contributed by atoms with Gasteiger partial charge in [0.15, 0.2) is 0 Å². The fourth-order valence-electron chi connectivity index (χ4n) is 3.05. The van der Waals surface area contributed by atoms with Gasteiger partial charge in [-0.25, -0.2) is 0 Å². The van der Waals surface area contributed by atoms with E-state index < -0.39 is 0 Å². The third-order valence-corrected chi connectivity index (χ3v) is 4.34. The van der Waals surface area contributed by atoms with Crippen LogP contribution in [-0.2, 0) is 24.2 Å². The number of aromatic amines is 1. The summed E-state index contributed by atoms with van der Waals surface area (Å²) < 4.78 is 0. The van der Waals surface area contributed by atoms with E-state index in [1.54, 1.807) is 18.2 Å². The van der Waals surface area contributed by atoms with Crippen molar-refractivity contribution in [1.82, 2.24) is 20.3 Å². The van der Waals surface area contributed by atoms with Gasteiger partial charge < -0.3 is 4.90 Å².